The van der Waals surface area contributed by atoms with Gasteiger partial charge < -0.3 is 24.4 Å². The number of hydrogen-bond acceptors (Lipinski definition) is 8. The zero-order chi connectivity index (χ0) is 30.6. The Bertz CT molecular complexity index is 1480. The lowest BCUT2D eigenvalue weighted by molar-refractivity contribution is 0.113. The van der Waals surface area contributed by atoms with E-state index in [1.165, 1.54) is 37.3 Å². The molecule has 1 aliphatic heterocycles. The Morgan fingerprint density at radius 3 is 2.57 bits per heavy atom. The molecule has 2 heterocycles. The first kappa shape index (κ1) is 30.8. The van der Waals surface area contributed by atoms with Gasteiger partial charge in [0.15, 0.2) is 0 Å². The lowest BCUT2D eigenvalue weighted by Gasteiger charge is -2.26. The van der Waals surface area contributed by atoms with Crippen LogP contribution in [0.3, 0.4) is 0 Å². The van der Waals surface area contributed by atoms with Crippen molar-refractivity contribution in [1.82, 2.24) is 14.9 Å². The third kappa shape index (κ3) is 8.94. The van der Waals surface area contributed by atoms with Crippen molar-refractivity contribution in [3.05, 3.63) is 102 Å². The number of nitrogens with zero attached hydrogens (tertiary/aromatic N) is 4. The van der Waals surface area contributed by atoms with Gasteiger partial charge in [-0.1, -0.05) is 55.0 Å². The van der Waals surface area contributed by atoms with E-state index in [1.54, 1.807) is 19.4 Å². The van der Waals surface area contributed by atoms with Gasteiger partial charge >= 0.3 is 6.09 Å². The average molecular weight is 596 g/mol. The summed E-state index contributed by atoms with van der Waals surface area (Å²) in [6.45, 7) is 6.20. The molecule has 0 saturated carbocycles. The summed E-state index contributed by atoms with van der Waals surface area (Å²) >= 11 is 0. The number of aromatic nitrogens is 2. The largest absolute Gasteiger partial charge is 0.497 e. The van der Waals surface area contributed by atoms with Gasteiger partial charge in [0.1, 0.15) is 23.4 Å². The molecule has 0 bridgehead atoms. The maximum absolute atomic E-state index is 13.6. The van der Waals surface area contributed by atoms with Gasteiger partial charge in [0, 0.05) is 24.5 Å². The van der Waals surface area contributed by atoms with Crippen LogP contribution in [0.2, 0.25) is 0 Å². The molecule has 1 amide bonds. The van der Waals surface area contributed by atoms with Crippen molar-refractivity contribution in [2.45, 2.75) is 45.3 Å². The van der Waals surface area contributed by atoms with Crippen molar-refractivity contribution in [1.29, 1.82) is 0 Å². The molecule has 1 aliphatic rings. The molecule has 3 aromatic carbocycles. The first-order valence-corrected chi connectivity index (χ1v) is 15.3. The number of amides is 1. The SMILES string of the molecule is COc1cccc(CN(C(=O)O[C@@H](C)c2ccccc2)c2ccnc(Nc3cccc(OCCCN4CCCCC4)c3)n2)c1. The monoisotopic (exact) mass is 595 g/mol. The van der Waals surface area contributed by atoms with Crippen LogP contribution in [0.4, 0.5) is 22.2 Å². The van der Waals surface area contributed by atoms with E-state index in [9.17, 15) is 4.79 Å². The van der Waals surface area contributed by atoms with Crippen molar-refractivity contribution in [2.75, 3.05) is 43.6 Å². The number of rotatable bonds is 13. The molecule has 0 spiro atoms. The number of nitrogens with one attached hydrogen (secondary N) is 1. The molecule has 1 atom stereocenters. The minimum atomic E-state index is -0.520. The van der Waals surface area contributed by atoms with Crippen LogP contribution in [-0.4, -0.2) is 54.3 Å². The van der Waals surface area contributed by atoms with Gasteiger partial charge in [-0.2, -0.15) is 4.98 Å². The molecule has 0 radical (unpaired) electrons. The Hall–Kier alpha value is -4.63. The summed E-state index contributed by atoms with van der Waals surface area (Å²) in [5.41, 5.74) is 2.56. The van der Waals surface area contributed by atoms with Crippen molar-refractivity contribution in [3.63, 3.8) is 0 Å². The number of carbonyl (C=O) groups excluding carboxylic acids is 1. The highest BCUT2D eigenvalue weighted by Gasteiger charge is 2.23. The summed E-state index contributed by atoms with van der Waals surface area (Å²) in [5, 5.41) is 3.26. The van der Waals surface area contributed by atoms with Gasteiger partial charge in [0.2, 0.25) is 5.95 Å². The maximum Gasteiger partial charge on any atom is 0.416 e. The van der Waals surface area contributed by atoms with Crippen molar-refractivity contribution < 1.29 is 19.0 Å². The van der Waals surface area contributed by atoms with E-state index in [2.05, 4.69) is 15.2 Å². The Kier molecular flexibility index (Phi) is 11.0. The summed E-state index contributed by atoms with van der Waals surface area (Å²) in [4.78, 5) is 26.7. The van der Waals surface area contributed by atoms with E-state index in [0.29, 0.717) is 24.1 Å². The third-order valence-electron chi connectivity index (χ3n) is 7.59. The smallest absolute Gasteiger partial charge is 0.416 e. The van der Waals surface area contributed by atoms with E-state index < -0.39 is 12.2 Å². The quantitative estimate of drug-likeness (QED) is 0.160. The summed E-state index contributed by atoms with van der Waals surface area (Å²) in [7, 11) is 1.62. The maximum atomic E-state index is 13.6. The molecule has 230 valence electrons. The number of piperidine rings is 1. The standard InChI is InChI=1S/C35H41N5O4/c1-27(29-13-5-3-6-14-29)44-35(41)40(26-28-12-9-16-31(24-28)42-2)33-18-19-36-34(38-33)37-30-15-10-17-32(25-30)43-23-11-22-39-20-7-4-8-21-39/h3,5-6,9-10,12-19,24-25,27H,4,7-8,11,20-23,26H2,1-2H3,(H,36,37,38)/t27-/m0/s1. The summed E-state index contributed by atoms with van der Waals surface area (Å²) in [5.74, 6) is 2.24. The molecular formula is C35H41N5O4. The number of methoxy groups -OCH3 is 1. The Labute approximate surface area is 259 Å². The van der Waals surface area contributed by atoms with Crippen molar-refractivity contribution >= 4 is 23.5 Å². The number of anilines is 3. The highest BCUT2D eigenvalue weighted by atomic mass is 16.6. The minimum Gasteiger partial charge on any atom is -0.497 e. The highest BCUT2D eigenvalue weighted by Crippen LogP contribution is 2.25. The van der Waals surface area contributed by atoms with Gasteiger partial charge in [-0.05, 0) is 80.7 Å². The van der Waals surface area contributed by atoms with E-state index in [0.717, 1.165) is 35.5 Å². The summed E-state index contributed by atoms with van der Waals surface area (Å²) < 4.78 is 17.3. The average Bonchev–Trinajstić information content (AvgIpc) is 3.07. The first-order chi connectivity index (χ1) is 21.6. The second-order valence-electron chi connectivity index (χ2n) is 10.9. The molecule has 0 aliphatic carbocycles. The molecule has 44 heavy (non-hydrogen) atoms. The summed E-state index contributed by atoms with van der Waals surface area (Å²) in [6, 6.07) is 26.7. The van der Waals surface area contributed by atoms with Crippen LogP contribution >= 0.6 is 0 Å². The molecule has 4 aromatic rings. The number of hydrogen-bond donors (Lipinski definition) is 1. The normalized spacial score (nSPS) is 14.0. The fraction of sp³-hybridized carbons (Fsp3) is 0.343. The van der Waals surface area contributed by atoms with Gasteiger partial charge in [0.05, 0.1) is 20.3 Å². The molecule has 9 nitrogen and oxygen atoms in total. The summed E-state index contributed by atoms with van der Waals surface area (Å²) in [6.07, 6.45) is 5.59. The Balaban J connectivity index is 1.27. The van der Waals surface area contributed by atoms with E-state index >= 15 is 0 Å². The van der Waals surface area contributed by atoms with Crippen LogP contribution in [0.1, 0.15) is 49.8 Å². The van der Waals surface area contributed by atoms with Gasteiger partial charge in [-0.3, -0.25) is 4.90 Å². The van der Waals surface area contributed by atoms with Crippen LogP contribution < -0.4 is 19.7 Å². The minimum absolute atomic E-state index is 0.231. The van der Waals surface area contributed by atoms with Gasteiger partial charge in [0.25, 0.3) is 0 Å². The second-order valence-corrected chi connectivity index (χ2v) is 10.9. The van der Waals surface area contributed by atoms with E-state index in [1.807, 2.05) is 85.8 Å². The second kappa shape index (κ2) is 15.7. The number of benzene rings is 3. The van der Waals surface area contributed by atoms with Crippen LogP contribution in [0.15, 0.2) is 91.1 Å². The molecule has 1 fully saturated rings. The van der Waals surface area contributed by atoms with Crippen LogP contribution in [0.25, 0.3) is 0 Å². The van der Waals surface area contributed by atoms with Crippen LogP contribution in [0.5, 0.6) is 11.5 Å². The molecule has 1 N–H and O–H groups in total. The lowest BCUT2D eigenvalue weighted by Crippen LogP contribution is -2.32. The first-order valence-electron chi connectivity index (χ1n) is 15.3. The highest BCUT2D eigenvalue weighted by molar-refractivity contribution is 5.86. The molecule has 9 heteroatoms. The molecule has 0 unspecified atom stereocenters. The van der Waals surface area contributed by atoms with E-state index in [4.69, 9.17) is 19.2 Å². The number of ether oxygens (including phenoxy) is 3. The fourth-order valence-corrected chi connectivity index (χ4v) is 5.21. The van der Waals surface area contributed by atoms with Gasteiger partial charge in [-0.25, -0.2) is 9.78 Å². The number of likely N-dealkylation sites (tertiary alicyclic amines) is 1. The predicted octanol–water partition coefficient (Wildman–Crippen LogP) is 7.39. The van der Waals surface area contributed by atoms with Crippen LogP contribution in [-0.2, 0) is 11.3 Å². The molecule has 5 rings (SSSR count). The fourth-order valence-electron chi connectivity index (χ4n) is 5.21. The Morgan fingerprint density at radius 1 is 0.955 bits per heavy atom. The molecule has 1 aromatic heterocycles. The third-order valence-corrected chi connectivity index (χ3v) is 7.59. The van der Waals surface area contributed by atoms with Crippen molar-refractivity contribution in [3.8, 4) is 11.5 Å². The lowest BCUT2D eigenvalue weighted by atomic mass is 10.1. The topological polar surface area (TPSA) is 89.0 Å². The van der Waals surface area contributed by atoms with Gasteiger partial charge in [-0.15, -0.1) is 0 Å². The van der Waals surface area contributed by atoms with E-state index in [-0.39, 0.29) is 6.54 Å². The van der Waals surface area contributed by atoms with Crippen molar-refractivity contribution in [2.24, 2.45) is 0 Å². The molecule has 1 saturated heterocycles. The predicted molar refractivity (Wildman–Crippen MR) is 173 cm³/mol. The molecular weight excluding hydrogens is 554 g/mol. The zero-order valence-electron chi connectivity index (χ0n) is 25.5. The van der Waals surface area contributed by atoms with Crippen LogP contribution in [0, 0.1) is 0 Å². The Morgan fingerprint density at radius 2 is 1.75 bits per heavy atom. The number of carbonyl (C=O) groups is 1. The zero-order valence-corrected chi connectivity index (χ0v) is 25.5.